The van der Waals surface area contributed by atoms with Crippen molar-refractivity contribution in [1.82, 2.24) is 10.2 Å². The number of halogens is 1. The van der Waals surface area contributed by atoms with E-state index in [1.807, 2.05) is 0 Å². The molecule has 0 aliphatic carbocycles. The van der Waals surface area contributed by atoms with Crippen LogP contribution in [0.3, 0.4) is 0 Å². The molecule has 0 aromatic heterocycles. The van der Waals surface area contributed by atoms with Gasteiger partial charge in [0.05, 0.1) is 6.61 Å². The lowest BCUT2D eigenvalue weighted by Crippen LogP contribution is -2.45. The molecule has 7 heteroatoms. The molecule has 0 unspecified atom stereocenters. The van der Waals surface area contributed by atoms with Gasteiger partial charge < -0.3 is 15.2 Å². The fraction of sp³-hybridized carbons (Fsp3) is 0.333. The van der Waals surface area contributed by atoms with Crippen molar-refractivity contribution in [2.45, 2.75) is 6.04 Å². The van der Waals surface area contributed by atoms with Gasteiger partial charge in [0.25, 0.3) is 0 Å². The third kappa shape index (κ3) is 4.55. The van der Waals surface area contributed by atoms with Gasteiger partial charge in [0.2, 0.25) is 0 Å². The van der Waals surface area contributed by atoms with Crippen molar-refractivity contribution in [3.63, 3.8) is 0 Å². The van der Waals surface area contributed by atoms with Crippen LogP contribution in [0.25, 0.3) is 0 Å². The minimum atomic E-state index is -1.05. The van der Waals surface area contributed by atoms with Crippen molar-refractivity contribution in [1.29, 1.82) is 0 Å². The lowest BCUT2D eigenvalue weighted by atomic mass is 10.3. The van der Waals surface area contributed by atoms with Gasteiger partial charge >= 0.3 is 12.0 Å². The molecule has 1 aromatic carbocycles. The van der Waals surface area contributed by atoms with Crippen molar-refractivity contribution < 1.29 is 23.8 Å². The van der Waals surface area contributed by atoms with Gasteiger partial charge in [-0.3, -0.25) is 4.90 Å². The number of carboxylic acids is 1. The number of hydrogen-bond acceptors (Lipinski definition) is 3. The standard InChI is InChI=1S/C6H5F.C6H10N2O4/c7-6-4-2-1-3-5-6;1-7-6(11)8-3-12-2-4(8)5(9)10/h1-5H;4H,2-3H2,1H3,(H,7,11)(H,9,10)/t;4-/m.1/s1. The normalized spacial score (nSPS) is 17.4. The van der Waals surface area contributed by atoms with Gasteiger partial charge in [-0.05, 0) is 12.1 Å². The van der Waals surface area contributed by atoms with E-state index in [0.717, 1.165) is 4.90 Å². The van der Waals surface area contributed by atoms with E-state index in [2.05, 4.69) is 5.32 Å². The van der Waals surface area contributed by atoms with Crippen LogP contribution < -0.4 is 5.32 Å². The average molecular weight is 270 g/mol. The molecule has 1 saturated heterocycles. The molecule has 1 aliphatic rings. The lowest BCUT2D eigenvalue weighted by Gasteiger charge is -2.17. The van der Waals surface area contributed by atoms with Crippen molar-refractivity contribution in [2.24, 2.45) is 0 Å². The first kappa shape index (κ1) is 14.9. The SMILES string of the molecule is CNC(=O)N1COC[C@@H]1C(=O)O.Fc1ccccc1. The second kappa shape index (κ2) is 7.32. The molecule has 0 radical (unpaired) electrons. The molecule has 104 valence electrons. The average Bonchev–Trinajstić information content (AvgIpc) is 2.89. The molecule has 0 saturated carbocycles. The quantitative estimate of drug-likeness (QED) is 0.794. The summed E-state index contributed by atoms with van der Waals surface area (Å²) in [7, 11) is 1.44. The lowest BCUT2D eigenvalue weighted by molar-refractivity contribution is -0.140. The van der Waals surface area contributed by atoms with Crippen molar-refractivity contribution >= 4 is 12.0 Å². The number of amides is 2. The second-order valence-electron chi connectivity index (χ2n) is 3.67. The predicted octanol–water partition coefficient (Wildman–Crippen LogP) is 0.894. The number of hydrogen-bond donors (Lipinski definition) is 2. The fourth-order valence-electron chi connectivity index (χ4n) is 1.41. The minimum Gasteiger partial charge on any atom is -0.480 e. The molecule has 19 heavy (non-hydrogen) atoms. The summed E-state index contributed by atoms with van der Waals surface area (Å²) in [5.41, 5.74) is 0. The summed E-state index contributed by atoms with van der Waals surface area (Å²) in [6.45, 7) is 0.0966. The Balaban J connectivity index is 0.000000218. The van der Waals surface area contributed by atoms with E-state index in [4.69, 9.17) is 9.84 Å². The number of nitrogens with zero attached hydrogens (tertiary/aromatic N) is 1. The van der Waals surface area contributed by atoms with Crippen LogP contribution in [0.1, 0.15) is 0 Å². The summed E-state index contributed by atoms with van der Waals surface area (Å²) in [5.74, 6) is -1.22. The number of carbonyl (C=O) groups excluding carboxylic acids is 1. The molecule has 1 atom stereocenters. The summed E-state index contributed by atoms with van der Waals surface area (Å²) < 4.78 is 16.7. The number of nitrogens with one attached hydrogen (secondary N) is 1. The van der Waals surface area contributed by atoms with E-state index in [-0.39, 0.29) is 19.2 Å². The van der Waals surface area contributed by atoms with Crippen LogP contribution >= 0.6 is 0 Å². The van der Waals surface area contributed by atoms with Gasteiger partial charge in [-0.2, -0.15) is 0 Å². The zero-order valence-electron chi connectivity index (χ0n) is 10.4. The third-order valence-corrected chi connectivity index (χ3v) is 2.38. The summed E-state index contributed by atoms with van der Waals surface area (Å²) in [5, 5.41) is 11.0. The largest absolute Gasteiger partial charge is 0.480 e. The van der Waals surface area contributed by atoms with Gasteiger partial charge in [0.1, 0.15) is 12.5 Å². The van der Waals surface area contributed by atoms with Crippen LogP contribution in [0.15, 0.2) is 30.3 Å². The first-order valence-corrected chi connectivity index (χ1v) is 5.55. The van der Waals surface area contributed by atoms with Gasteiger partial charge in [0, 0.05) is 7.05 Å². The smallest absolute Gasteiger partial charge is 0.328 e. The van der Waals surface area contributed by atoms with Crippen LogP contribution in [0.5, 0.6) is 0 Å². The zero-order chi connectivity index (χ0) is 14.3. The number of ether oxygens (including phenoxy) is 1. The Morgan fingerprint density at radius 2 is 2.05 bits per heavy atom. The Labute approximate surface area is 109 Å². The van der Waals surface area contributed by atoms with Crippen LogP contribution in [-0.2, 0) is 9.53 Å². The molecule has 2 rings (SSSR count). The number of carbonyl (C=O) groups is 2. The van der Waals surface area contributed by atoms with E-state index in [1.165, 1.54) is 19.2 Å². The fourth-order valence-corrected chi connectivity index (χ4v) is 1.41. The highest BCUT2D eigenvalue weighted by molar-refractivity contribution is 5.82. The summed E-state index contributed by atoms with van der Waals surface area (Å²) in [4.78, 5) is 22.7. The maximum atomic E-state index is 11.9. The van der Waals surface area contributed by atoms with Gasteiger partial charge in [-0.1, -0.05) is 18.2 Å². The number of benzene rings is 1. The highest BCUT2D eigenvalue weighted by Crippen LogP contribution is 2.09. The van der Waals surface area contributed by atoms with E-state index < -0.39 is 18.0 Å². The van der Waals surface area contributed by atoms with Gasteiger partial charge in [-0.15, -0.1) is 0 Å². The van der Waals surface area contributed by atoms with Crippen LogP contribution in [0.2, 0.25) is 0 Å². The Hall–Kier alpha value is -2.15. The van der Waals surface area contributed by atoms with Crippen molar-refractivity contribution in [2.75, 3.05) is 20.4 Å². The van der Waals surface area contributed by atoms with Crippen molar-refractivity contribution in [3.8, 4) is 0 Å². The number of carboxylic acid groups (broad SMARTS) is 1. The van der Waals surface area contributed by atoms with E-state index in [0.29, 0.717) is 0 Å². The molecular weight excluding hydrogens is 255 g/mol. The molecular formula is C12H15FN2O4. The molecule has 2 N–H and O–H groups in total. The first-order valence-electron chi connectivity index (χ1n) is 5.55. The van der Waals surface area contributed by atoms with Crippen LogP contribution in [-0.4, -0.2) is 48.4 Å². The predicted molar refractivity (Wildman–Crippen MR) is 64.9 cm³/mol. The molecule has 1 heterocycles. The van der Waals surface area contributed by atoms with E-state index >= 15 is 0 Å². The first-order chi connectivity index (χ1) is 9.06. The summed E-state index contributed by atoms with van der Waals surface area (Å²) >= 11 is 0. The molecule has 0 spiro atoms. The summed E-state index contributed by atoms with van der Waals surface area (Å²) in [6.07, 6.45) is 0. The number of urea groups is 1. The number of rotatable bonds is 1. The highest BCUT2D eigenvalue weighted by atomic mass is 19.1. The highest BCUT2D eigenvalue weighted by Gasteiger charge is 2.34. The second-order valence-corrected chi connectivity index (χ2v) is 3.67. The van der Waals surface area contributed by atoms with Gasteiger partial charge in [-0.25, -0.2) is 14.0 Å². The van der Waals surface area contributed by atoms with Crippen LogP contribution in [0.4, 0.5) is 9.18 Å². The van der Waals surface area contributed by atoms with Gasteiger partial charge in [0.15, 0.2) is 6.04 Å². The molecule has 1 aliphatic heterocycles. The molecule has 6 nitrogen and oxygen atoms in total. The van der Waals surface area contributed by atoms with E-state index in [1.54, 1.807) is 18.2 Å². The molecule has 1 aromatic rings. The Morgan fingerprint density at radius 3 is 2.47 bits per heavy atom. The number of aliphatic carboxylic acids is 1. The van der Waals surface area contributed by atoms with Crippen LogP contribution in [0, 0.1) is 5.82 Å². The Morgan fingerprint density at radius 1 is 1.42 bits per heavy atom. The third-order valence-electron chi connectivity index (χ3n) is 2.38. The maximum absolute atomic E-state index is 11.9. The summed E-state index contributed by atoms with van der Waals surface area (Å²) in [6, 6.07) is 6.65. The topological polar surface area (TPSA) is 78.9 Å². The maximum Gasteiger partial charge on any atom is 0.328 e. The Kier molecular flexibility index (Phi) is 5.74. The zero-order valence-corrected chi connectivity index (χ0v) is 10.4. The Bertz CT molecular complexity index is 427. The molecule has 1 fully saturated rings. The molecule has 0 bridgehead atoms. The monoisotopic (exact) mass is 270 g/mol. The van der Waals surface area contributed by atoms with E-state index in [9.17, 15) is 14.0 Å². The molecule has 2 amide bonds. The van der Waals surface area contributed by atoms with Crippen molar-refractivity contribution in [3.05, 3.63) is 36.1 Å². The minimum absolute atomic E-state index is 0.0383.